The van der Waals surface area contributed by atoms with E-state index < -0.39 is 0 Å². The highest BCUT2D eigenvalue weighted by Gasteiger charge is 2.19. The van der Waals surface area contributed by atoms with Gasteiger partial charge in [-0.1, -0.05) is 6.42 Å². The number of fused-ring (bicyclic) bond motifs is 1. The summed E-state index contributed by atoms with van der Waals surface area (Å²) >= 11 is 1.82. The number of hydrogen-bond acceptors (Lipinski definition) is 3. The Labute approximate surface area is 125 Å². The molecule has 1 atom stereocenters. The third kappa shape index (κ3) is 2.67. The van der Waals surface area contributed by atoms with Crippen molar-refractivity contribution in [2.45, 2.75) is 52.1 Å². The smallest absolute Gasteiger partial charge is 0.113 e. The third-order valence-corrected chi connectivity index (χ3v) is 5.36. The highest BCUT2D eigenvalue weighted by molar-refractivity contribution is 7.11. The summed E-state index contributed by atoms with van der Waals surface area (Å²) in [4.78, 5) is 5.99. The first kappa shape index (κ1) is 13.8. The SMILES string of the molecule is CNC1CCCCc2cn(Cc3nc(C)c(C)s3)cc21. The van der Waals surface area contributed by atoms with Gasteiger partial charge in [0.05, 0.1) is 12.2 Å². The zero-order valence-electron chi connectivity index (χ0n) is 12.6. The van der Waals surface area contributed by atoms with E-state index in [1.807, 2.05) is 11.3 Å². The van der Waals surface area contributed by atoms with Crippen LogP contribution in [0.3, 0.4) is 0 Å². The van der Waals surface area contributed by atoms with E-state index in [-0.39, 0.29) is 0 Å². The topological polar surface area (TPSA) is 29.9 Å². The second-order valence-electron chi connectivity index (χ2n) is 5.75. The van der Waals surface area contributed by atoms with E-state index >= 15 is 0 Å². The highest BCUT2D eigenvalue weighted by atomic mass is 32.1. The summed E-state index contributed by atoms with van der Waals surface area (Å²) in [5.41, 5.74) is 4.19. The molecule has 20 heavy (non-hydrogen) atoms. The molecule has 2 aromatic rings. The molecule has 1 aliphatic rings. The van der Waals surface area contributed by atoms with Crippen LogP contribution in [0.5, 0.6) is 0 Å². The van der Waals surface area contributed by atoms with Gasteiger partial charge in [0.2, 0.25) is 0 Å². The fourth-order valence-corrected chi connectivity index (χ4v) is 4.01. The lowest BCUT2D eigenvalue weighted by Crippen LogP contribution is -2.15. The molecule has 0 saturated carbocycles. The minimum atomic E-state index is 0.522. The highest BCUT2D eigenvalue weighted by Crippen LogP contribution is 2.29. The minimum absolute atomic E-state index is 0.522. The molecule has 3 nitrogen and oxygen atoms in total. The van der Waals surface area contributed by atoms with Crippen LogP contribution in [0.4, 0.5) is 0 Å². The third-order valence-electron chi connectivity index (χ3n) is 4.30. The van der Waals surface area contributed by atoms with Crippen LogP contribution in [0.2, 0.25) is 0 Å². The van der Waals surface area contributed by atoms with E-state index in [0.29, 0.717) is 6.04 Å². The van der Waals surface area contributed by atoms with Crippen LogP contribution in [0.25, 0.3) is 0 Å². The van der Waals surface area contributed by atoms with Gasteiger partial charge >= 0.3 is 0 Å². The number of nitrogens with one attached hydrogen (secondary N) is 1. The summed E-state index contributed by atoms with van der Waals surface area (Å²) < 4.78 is 2.32. The summed E-state index contributed by atoms with van der Waals surface area (Å²) in [6.07, 6.45) is 9.76. The Bertz CT molecular complexity index is 577. The van der Waals surface area contributed by atoms with Crippen molar-refractivity contribution in [3.63, 3.8) is 0 Å². The standard InChI is InChI=1S/C16H23N3S/c1-11-12(2)20-16(18-11)10-19-8-13-6-4-5-7-15(17-3)14(13)9-19/h8-9,15,17H,4-7,10H2,1-3H3. The lowest BCUT2D eigenvalue weighted by atomic mass is 10.1. The fourth-order valence-electron chi connectivity index (χ4n) is 3.07. The molecule has 0 bridgehead atoms. The molecule has 1 aliphatic carbocycles. The number of nitrogens with zero attached hydrogens (tertiary/aromatic N) is 2. The van der Waals surface area contributed by atoms with E-state index in [4.69, 9.17) is 0 Å². The van der Waals surface area contributed by atoms with Gasteiger partial charge in [-0.2, -0.15) is 0 Å². The van der Waals surface area contributed by atoms with Gasteiger partial charge in [-0.05, 0) is 51.3 Å². The molecule has 4 heteroatoms. The second kappa shape index (κ2) is 5.70. The van der Waals surface area contributed by atoms with Gasteiger partial charge in [-0.3, -0.25) is 0 Å². The van der Waals surface area contributed by atoms with Gasteiger partial charge in [0.15, 0.2) is 0 Å². The van der Waals surface area contributed by atoms with Gasteiger partial charge in [0, 0.05) is 23.3 Å². The van der Waals surface area contributed by atoms with Crippen molar-refractivity contribution in [1.29, 1.82) is 0 Å². The molecular formula is C16H23N3S. The summed E-state index contributed by atoms with van der Waals surface area (Å²) in [6, 6.07) is 0.522. The molecule has 1 N–H and O–H groups in total. The van der Waals surface area contributed by atoms with E-state index in [0.717, 1.165) is 6.54 Å². The molecule has 2 heterocycles. The maximum Gasteiger partial charge on any atom is 0.113 e. The molecule has 0 aliphatic heterocycles. The number of aryl methyl sites for hydroxylation is 3. The van der Waals surface area contributed by atoms with Crippen LogP contribution >= 0.6 is 11.3 Å². The molecule has 108 valence electrons. The van der Waals surface area contributed by atoms with Crippen molar-refractivity contribution in [3.05, 3.63) is 39.1 Å². The van der Waals surface area contributed by atoms with Gasteiger partial charge in [0.1, 0.15) is 5.01 Å². The van der Waals surface area contributed by atoms with Crippen molar-refractivity contribution in [2.75, 3.05) is 7.05 Å². The van der Waals surface area contributed by atoms with Crippen LogP contribution in [0, 0.1) is 13.8 Å². The zero-order chi connectivity index (χ0) is 14.1. The molecule has 0 saturated heterocycles. The van der Waals surface area contributed by atoms with E-state index in [1.54, 1.807) is 0 Å². The molecule has 0 radical (unpaired) electrons. The maximum atomic E-state index is 4.65. The van der Waals surface area contributed by atoms with Crippen molar-refractivity contribution in [2.24, 2.45) is 0 Å². The summed E-state index contributed by atoms with van der Waals surface area (Å²) in [7, 11) is 2.07. The normalized spacial score (nSPS) is 18.9. The monoisotopic (exact) mass is 289 g/mol. The van der Waals surface area contributed by atoms with Crippen LogP contribution in [0.1, 0.15) is 52.0 Å². The first-order chi connectivity index (χ1) is 9.67. The summed E-state index contributed by atoms with van der Waals surface area (Å²) in [5.74, 6) is 0. The zero-order valence-corrected chi connectivity index (χ0v) is 13.4. The van der Waals surface area contributed by atoms with Gasteiger partial charge in [-0.25, -0.2) is 4.98 Å². The van der Waals surface area contributed by atoms with Crippen molar-refractivity contribution >= 4 is 11.3 Å². The molecule has 2 aromatic heterocycles. The molecule has 0 fully saturated rings. The molecule has 0 aromatic carbocycles. The van der Waals surface area contributed by atoms with Crippen LogP contribution in [-0.4, -0.2) is 16.6 Å². The Morgan fingerprint density at radius 2 is 2.20 bits per heavy atom. The lowest BCUT2D eigenvalue weighted by Gasteiger charge is -2.13. The predicted molar refractivity (Wildman–Crippen MR) is 84.5 cm³/mol. The number of hydrogen-bond donors (Lipinski definition) is 1. The van der Waals surface area contributed by atoms with Gasteiger partial charge in [0.25, 0.3) is 0 Å². The fraction of sp³-hybridized carbons (Fsp3) is 0.562. The summed E-state index contributed by atoms with van der Waals surface area (Å²) in [6.45, 7) is 5.15. The van der Waals surface area contributed by atoms with E-state index in [2.05, 4.69) is 48.2 Å². The Balaban J connectivity index is 1.85. The Morgan fingerprint density at radius 3 is 2.90 bits per heavy atom. The van der Waals surface area contributed by atoms with Crippen molar-refractivity contribution in [1.82, 2.24) is 14.9 Å². The Morgan fingerprint density at radius 1 is 1.35 bits per heavy atom. The number of thiazole rings is 1. The first-order valence-electron chi connectivity index (χ1n) is 7.46. The maximum absolute atomic E-state index is 4.65. The predicted octanol–water partition coefficient (Wildman–Crippen LogP) is 3.60. The molecular weight excluding hydrogens is 266 g/mol. The molecule has 1 unspecified atom stereocenters. The number of aromatic nitrogens is 2. The molecule has 0 amide bonds. The lowest BCUT2D eigenvalue weighted by molar-refractivity contribution is 0.531. The second-order valence-corrected chi connectivity index (χ2v) is 7.04. The Hall–Kier alpha value is -1.13. The van der Waals surface area contributed by atoms with Crippen LogP contribution in [-0.2, 0) is 13.0 Å². The van der Waals surface area contributed by atoms with Crippen molar-refractivity contribution < 1.29 is 0 Å². The minimum Gasteiger partial charge on any atom is -0.347 e. The summed E-state index contributed by atoms with van der Waals surface area (Å²) in [5, 5.41) is 4.68. The quantitative estimate of drug-likeness (QED) is 0.875. The van der Waals surface area contributed by atoms with Gasteiger partial charge in [-0.15, -0.1) is 11.3 Å². The van der Waals surface area contributed by atoms with E-state index in [9.17, 15) is 0 Å². The molecule has 3 rings (SSSR count). The molecule has 0 spiro atoms. The Kier molecular flexibility index (Phi) is 3.94. The number of rotatable bonds is 3. The van der Waals surface area contributed by atoms with Gasteiger partial charge < -0.3 is 9.88 Å². The average Bonchev–Trinajstić information content (AvgIpc) is 2.88. The van der Waals surface area contributed by atoms with Crippen LogP contribution < -0.4 is 5.32 Å². The average molecular weight is 289 g/mol. The first-order valence-corrected chi connectivity index (χ1v) is 8.27. The van der Waals surface area contributed by atoms with Crippen LogP contribution in [0.15, 0.2) is 12.4 Å². The largest absolute Gasteiger partial charge is 0.347 e. The van der Waals surface area contributed by atoms with E-state index in [1.165, 1.54) is 52.4 Å². The van der Waals surface area contributed by atoms with Crippen molar-refractivity contribution in [3.8, 4) is 0 Å².